The first-order valence-electron chi connectivity index (χ1n) is 10.4. The first-order chi connectivity index (χ1) is 15.6. The average Bonchev–Trinajstić information content (AvgIpc) is 3.21. The number of hydrogen-bond acceptors (Lipinski definition) is 5. The molecule has 1 aromatic heterocycles. The van der Waals surface area contributed by atoms with Gasteiger partial charge in [-0.05, 0) is 11.6 Å². The summed E-state index contributed by atoms with van der Waals surface area (Å²) in [5, 5.41) is 13.7. The number of anilines is 1. The summed E-state index contributed by atoms with van der Waals surface area (Å²) in [6, 6.07) is 22.2. The van der Waals surface area contributed by atoms with Crippen molar-refractivity contribution >= 4 is 22.4 Å². The van der Waals surface area contributed by atoms with Crippen molar-refractivity contribution in [2.75, 3.05) is 26.1 Å². The molecule has 1 atom stereocenters. The molecule has 0 bridgehead atoms. The van der Waals surface area contributed by atoms with E-state index in [1.807, 2.05) is 77.5 Å². The van der Waals surface area contributed by atoms with Gasteiger partial charge in [0.15, 0.2) is 5.78 Å². The standard InChI is InChI=1S/C26H26N2O4/c1-31-20-14-19(15-21(16-20)32-2)27-25(18-8-4-3-5-9-18)26(30)23-17-28(12-13-29)24-11-7-6-10-22(23)24/h3-11,14-17,25,27,29H,12-13H2,1-2H3. The molecule has 32 heavy (non-hydrogen) atoms. The van der Waals surface area contributed by atoms with Gasteiger partial charge in [0, 0.05) is 53.1 Å². The van der Waals surface area contributed by atoms with Gasteiger partial charge in [-0.3, -0.25) is 4.79 Å². The molecule has 0 aliphatic heterocycles. The molecule has 0 saturated carbocycles. The molecule has 6 nitrogen and oxygen atoms in total. The second-order valence-electron chi connectivity index (χ2n) is 7.43. The van der Waals surface area contributed by atoms with E-state index in [9.17, 15) is 9.90 Å². The maximum absolute atomic E-state index is 13.9. The number of carbonyl (C=O) groups excluding carboxylic acids is 1. The molecule has 0 radical (unpaired) electrons. The summed E-state index contributed by atoms with van der Waals surface area (Å²) in [4.78, 5) is 13.9. The summed E-state index contributed by atoms with van der Waals surface area (Å²) in [5.41, 5.74) is 3.07. The molecule has 4 aromatic rings. The van der Waals surface area contributed by atoms with Crippen molar-refractivity contribution in [3.8, 4) is 11.5 Å². The molecule has 0 saturated heterocycles. The second-order valence-corrected chi connectivity index (χ2v) is 7.43. The first kappa shape index (κ1) is 21.5. The fourth-order valence-corrected chi connectivity index (χ4v) is 3.89. The van der Waals surface area contributed by atoms with Crippen molar-refractivity contribution in [1.29, 1.82) is 0 Å². The Hall–Kier alpha value is -3.77. The smallest absolute Gasteiger partial charge is 0.191 e. The topological polar surface area (TPSA) is 72.7 Å². The molecule has 0 amide bonds. The monoisotopic (exact) mass is 430 g/mol. The summed E-state index contributed by atoms with van der Waals surface area (Å²) in [5.74, 6) is 1.20. The van der Waals surface area contributed by atoms with Gasteiger partial charge in [0.25, 0.3) is 0 Å². The van der Waals surface area contributed by atoms with E-state index >= 15 is 0 Å². The lowest BCUT2D eigenvalue weighted by Crippen LogP contribution is -2.21. The van der Waals surface area contributed by atoms with Gasteiger partial charge in [-0.15, -0.1) is 0 Å². The zero-order valence-electron chi connectivity index (χ0n) is 18.1. The maximum Gasteiger partial charge on any atom is 0.191 e. The van der Waals surface area contributed by atoms with Gasteiger partial charge < -0.3 is 24.5 Å². The Bertz CT molecular complexity index is 1190. The number of fused-ring (bicyclic) bond motifs is 1. The Kier molecular flexibility index (Phi) is 6.42. The van der Waals surface area contributed by atoms with Gasteiger partial charge in [-0.1, -0.05) is 48.5 Å². The third-order valence-electron chi connectivity index (χ3n) is 5.45. The predicted molar refractivity (Wildman–Crippen MR) is 126 cm³/mol. The summed E-state index contributed by atoms with van der Waals surface area (Å²) < 4.78 is 12.7. The maximum atomic E-state index is 13.9. The summed E-state index contributed by atoms with van der Waals surface area (Å²) >= 11 is 0. The number of benzene rings is 3. The third-order valence-corrected chi connectivity index (χ3v) is 5.45. The number of aliphatic hydroxyl groups excluding tert-OH is 1. The number of ketones is 1. The SMILES string of the molecule is COc1cc(NC(C(=O)c2cn(CCO)c3ccccc23)c2ccccc2)cc(OC)c1. The Labute approximate surface area is 187 Å². The van der Waals surface area contributed by atoms with Crippen LogP contribution in [0.3, 0.4) is 0 Å². The average molecular weight is 431 g/mol. The number of para-hydroxylation sites is 1. The second kappa shape index (κ2) is 9.58. The van der Waals surface area contributed by atoms with Gasteiger partial charge in [-0.2, -0.15) is 0 Å². The highest BCUT2D eigenvalue weighted by atomic mass is 16.5. The van der Waals surface area contributed by atoms with Gasteiger partial charge in [0.05, 0.1) is 20.8 Å². The molecule has 1 unspecified atom stereocenters. The number of ether oxygens (including phenoxy) is 2. The van der Waals surface area contributed by atoms with Crippen molar-refractivity contribution in [3.05, 3.63) is 90.1 Å². The molecule has 3 aromatic carbocycles. The molecular weight excluding hydrogens is 404 g/mol. The molecule has 0 aliphatic rings. The largest absolute Gasteiger partial charge is 0.497 e. The molecule has 6 heteroatoms. The van der Waals surface area contributed by atoms with Crippen molar-refractivity contribution in [2.45, 2.75) is 12.6 Å². The molecule has 0 spiro atoms. The van der Waals surface area contributed by atoms with Crippen LogP contribution in [0.2, 0.25) is 0 Å². The van der Waals surface area contributed by atoms with Crippen molar-refractivity contribution in [1.82, 2.24) is 4.57 Å². The number of methoxy groups -OCH3 is 2. The van der Waals surface area contributed by atoms with E-state index in [1.54, 1.807) is 20.3 Å². The minimum absolute atomic E-state index is 0.00370. The zero-order chi connectivity index (χ0) is 22.5. The highest BCUT2D eigenvalue weighted by molar-refractivity contribution is 6.11. The highest BCUT2D eigenvalue weighted by Crippen LogP contribution is 2.32. The van der Waals surface area contributed by atoms with Crippen LogP contribution >= 0.6 is 0 Å². The van der Waals surface area contributed by atoms with Crippen LogP contribution in [0.25, 0.3) is 10.9 Å². The van der Waals surface area contributed by atoms with Crippen molar-refractivity contribution in [2.24, 2.45) is 0 Å². The van der Waals surface area contributed by atoms with Gasteiger partial charge in [0.2, 0.25) is 0 Å². The van der Waals surface area contributed by atoms with E-state index in [0.29, 0.717) is 29.3 Å². The van der Waals surface area contributed by atoms with Crippen LogP contribution in [0.4, 0.5) is 5.69 Å². The molecule has 164 valence electrons. The fourth-order valence-electron chi connectivity index (χ4n) is 3.89. The van der Waals surface area contributed by atoms with Crippen LogP contribution in [0, 0.1) is 0 Å². The van der Waals surface area contributed by atoms with Crippen LogP contribution in [0.1, 0.15) is 22.0 Å². The van der Waals surface area contributed by atoms with E-state index in [2.05, 4.69) is 5.32 Å². The molecule has 0 fully saturated rings. The minimum atomic E-state index is -0.624. The molecular formula is C26H26N2O4. The van der Waals surface area contributed by atoms with Crippen molar-refractivity contribution < 1.29 is 19.4 Å². The number of nitrogens with one attached hydrogen (secondary N) is 1. The van der Waals surface area contributed by atoms with Crippen LogP contribution in [-0.4, -0.2) is 36.3 Å². The lowest BCUT2D eigenvalue weighted by atomic mass is 9.96. The molecule has 1 heterocycles. The Morgan fingerprint density at radius 3 is 2.28 bits per heavy atom. The lowest BCUT2D eigenvalue weighted by molar-refractivity contribution is 0.0970. The number of hydrogen-bond donors (Lipinski definition) is 2. The normalized spacial score (nSPS) is 11.8. The fraction of sp³-hybridized carbons (Fsp3) is 0.192. The predicted octanol–water partition coefficient (Wildman–Crippen LogP) is 4.69. The van der Waals surface area contributed by atoms with Gasteiger partial charge in [0.1, 0.15) is 17.5 Å². The third kappa shape index (κ3) is 4.31. The Balaban J connectivity index is 1.79. The first-order valence-corrected chi connectivity index (χ1v) is 10.4. The number of carbonyl (C=O) groups is 1. The Morgan fingerprint density at radius 2 is 1.62 bits per heavy atom. The lowest BCUT2D eigenvalue weighted by Gasteiger charge is -2.20. The summed E-state index contributed by atoms with van der Waals surface area (Å²) in [7, 11) is 3.18. The van der Waals surface area contributed by atoms with Crippen LogP contribution in [-0.2, 0) is 6.54 Å². The number of aromatic nitrogens is 1. The van der Waals surface area contributed by atoms with Gasteiger partial charge in [-0.25, -0.2) is 0 Å². The Morgan fingerprint density at radius 1 is 0.969 bits per heavy atom. The van der Waals surface area contributed by atoms with E-state index in [-0.39, 0.29) is 12.4 Å². The molecule has 4 rings (SSSR count). The van der Waals surface area contributed by atoms with E-state index in [4.69, 9.17) is 9.47 Å². The van der Waals surface area contributed by atoms with E-state index < -0.39 is 6.04 Å². The summed E-state index contributed by atoms with van der Waals surface area (Å²) in [6.45, 7) is 0.417. The van der Waals surface area contributed by atoms with Crippen LogP contribution < -0.4 is 14.8 Å². The van der Waals surface area contributed by atoms with E-state index in [1.165, 1.54) is 0 Å². The molecule has 0 aliphatic carbocycles. The molecule has 2 N–H and O–H groups in total. The quantitative estimate of drug-likeness (QED) is 0.377. The number of Topliss-reactive ketones (excluding diaryl/α,β-unsaturated/α-hetero) is 1. The van der Waals surface area contributed by atoms with Crippen molar-refractivity contribution in [3.63, 3.8) is 0 Å². The number of nitrogens with zero attached hydrogens (tertiary/aromatic N) is 1. The minimum Gasteiger partial charge on any atom is -0.497 e. The van der Waals surface area contributed by atoms with E-state index in [0.717, 1.165) is 16.5 Å². The number of aliphatic hydroxyl groups is 1. The summed E-state index contributed by atoms with van der Waals surface area (Å²) in [6.07, 6.45) is 1.83. The highest BCUT2D eigenvalue weighted by Gasteiger charge is 2.25. The zero-order valence-corrected chi connectivity index (χ0v) is 18.1. The van der Waals surface area contributed by atoms with Gasteiger partial charge >= 0.3 is 0 Å². The number of rotatable bonds is 9. The van der Waals surface area contributed by atoms with Crippen LogP contribution in [0.5, 0.6) is 11.5 Å². The van der Waals surface area contributed by atoms with Crippen LogP contribution in [0.15, 0.2) is 79.0 Å².